The number of hydrogen-bond acceptors (Lipinski definition) is 4. The van der Waals surface area contributed by atoms with E-state index in [0.717, 1.165) is 5.56 Å². The summed E-state index contributed by atoms with van der Waals surface area (Å²) < 4.78 is 5.16. The second kappa shape index (κ2) is 7.53. The number of methoxy groups -OCH3 is 1. The molecule has 0 radical (unpaired) electrons. The lowest BCUT2D eigenvalue weighted by atomic mass is 10.0. The van der Waals surface area contributed by atoms with Crippen LogP contribution in [0.25, 0.3) is 0 Å². The molecule has 0 aliphatic rings. The molecule has 0 saturated heterocycles. The van der Waals surface area contributed by atoms with Gasteiger partial charge < -0.3 is 15.8 Å². The summed E-state index contributed by atoms with van der Waals surface area (Å²) in [6.45, 7) is 2.73. The number of hydrogen-bond donors (Lipinski definition) is 2. The summed E-state index contributed by atoms with van der Waals surface area (Å²) in [7, 11) is 1.52. The molecule has 0 fully saturated rings. The second-order valence-corrected chi connectivity index (χ2v) is 4.27. The van der Waals surface area contributed by atoms with Crippen LogP contribution in [0.3, 0.4) is 0 Å². The quantitative estimate of drug-likeness (QED) is 0.721. The highest BCUT2D eigenvalue weighted by atomic mass is 16.5. The number of ketones is 1. The van der Waals surface area contributed by atoms with Crippen LogP contribution in [0.2, 0.25) is 0 Å². The molecule has 0 spiro atoms. The van der Waals surface area contributed by atoms with Crippen LogP contribution in [0.1, 0.15) is 28.8 Å². The Morgan fingerprint density at radius 2 is 2.05 bits per heavy atom. The topological polar surface area (TPSA) is 81.4 Å². The van der Waals surface area contributed by atoms with E-state index in [2.05, 4.69) is 5.32 Å². The van der Waals surface area contributed by atoms with Gasteiger partial charge in [-0.1, -0.05) is 11.6 Å². The van der Waals surface area contributed by atoms with Crippen molar-refractivity contribution in [2.75, 3.05) is 20.2 Å². The molecule has 19 heavy (non-hydrogen) atoms. The van der Waals surface area contributed by atoms with Crippen molar-refractivity contribution in [1.29, 1.82) is 0 Å². The lowest BCUT2D eigenvalue weighted by Gasteiger charge is -2.08. The van der Waals surface area contributed by atoms with Gasteiger partial charge in [0.15, 0.2) is 5.78 Å². The van der Waals surface area contributed by atoms with E-state index in [4.69, 9.17) is 10.5 Å². The molecule has 5 nitrogen and oxygen atoms in total. The molecule has 0 aliphatic heterocycles. The maximum atomic E-state index is 12.1. The number of aryl methyl sites for hydroxylation is 1. The predicted molar refractivity (Wildman–Crippen MR) is 73.4 cm³/mol. The van der Waals surface area contributed by atoms with Crippen LogP contribution in [-0.2, 0) is 4.79 Å². The van der Waals surface area contributed by atoms with E-state index in [1.165, 1.54) is 7.11 Å². The molecule has 0 unspecified atom stereocenters. The summed E-state index contributed by atoms with van der Waals surface area (Å²) in [5.74, 6) is 0.284. The van der Waals surface area contributed by atoms with Gasteiger partial charge in [-0.15, -0.1) is 0 Å². The average molecular weight is 264 g/mol. The zero-order chi connectivity index (χ0) is 14.3. The number of nitrogens with one attached hydrogen (secondary N) is 1. The molecule has 0 heterocycles. The van der Waals surface area contributed by atoms with Crippen LogP contribution in [0.15, 0.2) is 18.2 Å². The Balaban J connectivity index is 2.63. The zero-order valence-electron chi connectivity index (χ0n) is 11.4. The Kier molecular flexibility index (Phi) is 6.02. The third-order valence-corrected chi connectivity index (χ3v) is 2.70. The molecule has 0 atom stereocenters. The highest BCUT2D eigenvalue weighted by Crippen LogP contribution is 2.21. The minimum Gasteiger partial charge on any atom is -0.496 e. The van der Waals surface area contributed by atoms with Crippen LogP contribution in [0.4, 0.5) is 0 Å². The van der Waals surface area contributed by atoms with E-state index >= 15 is 0 Å². The maximum absolute atomic E-state index is 12.1. The van der Waals surface area contributed by atoms with E-state index in [-0.39, 0.29) is 24.5 Å². The summed E-state index contributed by atoms with van der Waals surface area (Å²) >= 11 is 0. The van der Waals surface area contributed by atoms with Gasteiger partial charge in [0.1, 0.15) is 5.75 Å². The SMILES string of the molecule is COc1ccc(C)cc1C(=O)CCC(=O)NCCN. The third kappa shape index (κ3) is 4.71. The van der Waals surface area contributed by atoms with Crippen molar-refractivity contribution in [3.05, 3.63) is 29.3 Å². The second-order valence-electron chi connectivity index (χ2n) is 4.27. The van der Waals surface area contributed by atoms with E-state index in [1.807, 2.05) is 13.0 Å². The number of carbonyl (C=O) groups is 2. The Morgan fingerprint density at radius 1 is 1.32 bits per heavy atom. The number of amides is 1. The normalized spacial score (nSPS) is 10.1. The van der Waals surface area contributed by atoms with Crippen LogP contribution in [-0.4, -0.2) is 31.9 Å². The van der Waals surface area contributed by atoms with Gasteiger partial charge in [0.2, 0.25) is 5.91 Å². The molecular formula is C14H20N2O3. The first-order chi connectivity index (χ1) is 9.08. The van der Waals surface area contributed by atoms with Gasteiger partial charge in [-0.25, -0.2) is 0 Å². The minimum absolute atomic E-state index is 0.0940. The van der Waals surface area contributed by atoms with E-state index < -0.39 is 0 Å². The largest absolute Gasteiger partial charge is 0.496 e. The monoisotopic (exact) mass is 264 g/mol. The highest BCUT2D eigenvalue weighted by molar-refractivity contribution is 6.00. The first-order valence-electron chi connectivity index (χ1n) is 6.23. The number of Topliss-reactive ketones (excluding diaryl/α,β-unsaturated/α-hetero) is 1. The van der Waals surface area contributed by atoms with Gasteiger partial charge in [0, 0.05) is 25.9 Å². The van der Waals surface area contributed by atoms with Crippen molar-refractivity contribution >= 4 is 11.7 Å². The summed E-state index contributed by atoms with van der Waals surface area (Å²) in [4.78, 5) is 23.5. The molecule has 1 rings (SSSR count). The van der Waals surface area contributed by atoms with Crippen molar-refractivity contribution in [2.24, 2.45) is 5.73 Å². The molecule has 0 aromatic heterocycles. The number of benzene rings is 1. The molecule has 1 amide bonds. The molecule has 0 bridgehead atoms. The fourth-order valence-corrected chi connectivity index (χ4v) is 1.70. The molecule has 1 aromatic rings. The van der Waals surface area contributed by atoms with Crippen molar-refractivity contribution in [3.63, 3.8) is 0 Å². The maximum Gasteiger partial charge on any atom is 0.220 e. The molecule has 3 N–H and O–H groups in total. The van der Waals surface area contributed by atoms with E-state index in [0.29, 0.717) is 24.4 Å². The Labute approximate surface area is 113 Å². The van der Waals surface area contributed by atoms with Crippen LogP contribution >= 0.6 is 0 Å². The fourth-order valence-electron chi connectivity index (χ4n) is 1.70. The number of rotatable bonds is 7. The van der Waals surface area contributed by atoms with Crippen molar-refractivity contribution in [1.82, 2.24) is 5.32 Å². The zero-order valence-corrected chi connectivity index (χ0v) is 11.4. The molecule has 0 saturated carbocycles. The van der Waals surface area contributed by atoms with Crippen LogP contribution in [0.5, 0.6) is 5.75 Å². The van der Waals surface area contributed by atoms with E-state index in [1.54, 1.807) is 12.1 Å². The summed E-state index contributed by atoms with van der Waals surface area (Å²) in [5.41, 5.74) is 6.79. The van der Waals surface area contributed by atoms with Crippen LogP contribution < -0.4 is 15.8 Å². The summed E-state index contributed by atoms with van der Waals surface area (Å²) in [6.07, 6.45) is 0.326. The van der Waals surface area contributed by atoms with E-state index in [9.17, 15) is 9.59 Å². The highest BCUT2D eigenvalue weighted by Gasteiger charge is 2.13. The summed E-state index contributed by atoms with van der Waals surface area (Å²) in [6, 6.07) is 5.42. The number of ether oxygens (including phenoxy) is 1. The van der Waals surface area contributed by atoms with Crippen LogP contribution in [0, 0.1) is 6.92 Å². The fraction of sp³-hybridized carbons (Fsp3) is 0.429. The molecular weight excluding hydrogens is 244 g/mol. The first-order valence-corrected chi connectivity index (χ1v) is 6.23. The molecule has 104 valence electrons. The Bertz CT molecular complexity index is 458. The van der Waals surface area contributed by atoms with Gasteiger partial charge in [-0.2, -0.15) is 0 Å². The van der Waals surface area contributed by atoms with Crippen molar-refractivity contribution in [3.8, 4) is 5.75 Å². The summed E-state index contributed by atoms with van der Waals surface area (Å²) in [5, 5.41) is 2.63. The van der Waals surface area contributed by atoms with Crippen molar-refractivity contribution < 1.29 is 14.3 Å². The molecule has 1 aromatic carbocycles. The number of nitrogens with two attached hydrogens (primary N) is 1. The van der Waals surface area contributed by atoms with Crippen molar-refractivity contribution in [2.45, 2.75) is 19.8 Å². The first kappa shape index (κ1) is 15.2. The predicted octanol–water partition coefficient (Wildman–Crippen LogP) is 1.04. The number of carbonyl (C=O) groups excluding carboxylic acids is 2. The molecule has 5 heteroatoms. The average Bonchev–Trinajstić information content (AvgIpc) is 2.42. The molecule has 0 aliphatic carbocycles. The third-order valence-electron chi connectivity index (χ3n) is 2.70. The minimum atomic E-state index is -0.162. The smallest absolute Gasteiger partial charge is 0.220 e. The van der Waals surface area contributed by atoms with Gasteiger partial charge in [-0.05, 0) is 19.1 Å². The standard InChI is InChI=1S/C14H20N2O3/c1-10-3-5-13(19-2)11(9-10)12(17)4-6-14(18)16-8-7-15/h3,5,9H,4,6-8,15H2,1-2H3,(H,16,18). The van der Waals surface area contributed by atoms with Gasteiger partial charge >= 0.3 is 0 Å². The van der Waals surface area contributed by atoms with Gasteiger partial charge in [0.05, 0.1) is 12.7 Å². The lowest BCUT2D eigenvalue weighted by Crippen LogP contribution is -2.29. The lowest BCUT2D eigenvalue weighted by molar-refractivity contribution is -0.121. The van der Waals surface area contributed by atoms with Gasteiger partial charge in [-0.3, -0.25) is 9.59 Å². The van der Waals surface area contributed by atoms with Gasteiger partial charge in [0.25, 0.3) is 0 Å². The Hall–Kier alpha value is -1.88. The Morgan fingerprint density at radius 3 is 2.68 bits per heavy atom.